The topological polar surface area (TPSA) is 150 Å². The lowest BCUT2D eigenvalue weighted by Gasteiger charge is -2.34. The molecular weight excluding hydrogens is 664 g/mol. The number of aryl methyl sites for hydroxylation is 2. The number of hydrogen-bond acceptors (Lipinski definition) is 11. The molecule has 7 rings (SSSR count). The quantitative estimate of drug-likeness (QED) is 0.257. The van der Waals surface area contributed by atoms with Gasteiger partial charge in [0.2, 0.25) is 10.9 Å². The van der Waals surface area contributed by atoms with E-state index in [4.69, 9.17) is 4.42 Å². The van der Waals surface area contributed by atoms with Gasteiger partial charge in [0.15, 0.2) is 11.6 Å². The maximum absolute atomic E-state index is 15.3. The molecule has 1 aromatic carbocycles. The van der Waals surface area contributed by atoms with Gasteiger partial charge in [0, 0.05) is 77.8 Å². The van der Waals surface area contributed by atoms with Crippen LogP contribution in [0.2, 0.25) is 0 Å². The van der Waals surface area contributed by atoms with Gasteiger partial charge in [-0.1, -0.05) is 5.10 Å². The lowest BCUT2D eigenvalue weighted by molar-refractivity contribution is 0.261. The number of anilines is 4. The molecule has 0 unspecified atom stereocenters. The number of carbonyl (C=O) groups excluding carboxylic acids is 1. The molecule has 0 atom stereocenters. The molecule has 268 valence electrons. The third kappa shape index (κ3) is 6.49. The van der Waals surface area contributed by atoms with Crippen LogP contribution in [0.15, 0.2) is 44.6 Å². The van der Waals surface area contributed by atoms with Crippen molar-refractivity contribution in [1.82, 2.24) is 34.1 Å². The van der Waals surface area contributed by atoms with Gasteiger partial charge < -0.3 is 38.5 Å². The maximum atomic E-state index is 15.3. The first-order valence-corrected chi connectivity index (χ1v) is 16.9. The fourth-order valence-electron chi connectivity index (χ4n) is 6.58. The second-order valence-electron chi connectivity index (χ2n) is 12.9. The number of halogens is 2. The van der Waals surface area contributed by atoms with Gasteiger partial charge in [-0.3, -0.25) is 14.9 Å². The zero-order valence-corrected chi connectivity index (χ0v) is 28.9. The summed E-state index contributed by atoms with van der Waals surface area (Å²) in [5.41, 5.74) is 0.0809. The van der Waals surface area contributed by atoms with Crippen LogP contribution in [0, 0.1) is 11.6 Å². The molecule has 0 radical (unpaired) electrons. The molecule has 6 heterocycles. The number of benzene rings is 1. The largest absolute Gasteiger partial charge is 0.403 e. The molecule has 2 amide bonds. The van der Waals surface area contributed by atoms with E-state index < -0.39 is 28.5 Å². The molecule has 0 bridgehead atoms. The van der Waals surface area contributed by atoms with Gasteiger partial charge in [-0.2, -0.15) is 0 Å². The van der Waals surface area contributed by atoms with E-state index in [1.54, 1.807) is 15.2 Å². The van der Waals surface area contributed by atoms with Crippen LogP contribution in [-0.2, 0) is 13.1 Å². The van der Waals surface area contributed by atoms with Crippen LogP contribution in [-0.4, -0.2) is 107 Å². The Labute approximate surface area is 291 Å². The summed E-state index contributed by atoms with van der Waals surface area (Å²) < 4.78 is 39.8. The van der Waals surface area contributed by atoms with E-state index in [0.29, 0.717) is 56.1 Å². The predicted molar refractivity (Wildman–Crippen MR) is 191 cm³/mol. The molecule has 2 saturated heterocycles. The molecular formula is C34H39F2N11O4. The highest BCUT2D eigenvalue weighted by Crippen LogP contribution is 2.28. The van der Waals surface area contributed by atoms with E-state index in [9.17, 15) is 14.4 Å². The van der Waals surface area contributed by atoms with Crippen molar-refractivity contribution in [3.63, 3.8) is 0 Å². The van der Waals surface area contributed by atoms with Crippen molar-refractivity contribution in [1.29, 1.82) is 0 Å². The summed E-state index contributed by atoms with van der Waals surface area (Å²) in [7, 11) is 4.02. The van der Waals surface area contributed by atoms with E-state index in [0.717, 1.165) is 26.2 Å². The number of amides is 2. The van der Waals surface area contributed by atoms with Gasteiger partial charge in [-0.15, -0.1) is 5.10 Å². The Morgan fingerprint density at radius 2 is 1.43 bits per heavy atom. The van der Waals surface area contributed by atoms with Crippen molar-refractivity contribution in [2.75, 3.05) is 86.9 Å². The third-order valence-corrected chi connectivity index (χ3v) is 9.58. The molecule has 0 aliphatic carbocycles. The number of urea groups is 1. The van der Waals surface area contributed by atoms with Gasteiger partial charge in [-0.25, -0.2) is 18.6 Å². The standard InChI is InChI=1S/C34H39F2N11O4/c1-5-44-19-25(29(49)20-15-23(35)27(17-26(20)44)46-11-7-42(3)8-12-46)37-33(50)39-34-41-40-32(51-34)22-18-45(6-2)30-21(28(22)48)16-24(36)31(38-30)47-13-9-43(4)10-14-47/h15-19H,5-14H2,1-4H3,(H2,37,39,41,50). The van der Waals surface area contributed by atoms with Crippen LogP contribution in [0.5, 0.6) is 0 Å². The van der Waals surface area contributed by atoms with E-state index in [-0.39, 0.29) is 39.7 Å². The number of nitrogens with zero attached hydrogens (tertiary/aromatic N) is 9. The number of carbonyl (C=O) groups is 1. The Morgan fingerprint density at radius 3 is 2.10 bits per heavy atom. The summed E-state index contributed by atoms with van der Waals surface area (Å²) in [4.78, 5) is 52.8. The van der Waals surface area contributed by atoms with Crippen LogP contribution in [0.3, 0.4) is 0 Å². The number of fused-ring (bicyclic) bond motifs is 2. The summed E-state index contributed by atoms with van der Waals surface area (Å²) in [6.07, 6.45) is 3.01. The number of pyridine rings is 3. The van der Waals surface area contributed by atoms with Gasteiger partial charge in [0.25, 0.3) is 5.89 Å². The summed E-state index contributed by atoms with van der Waals surface area (Å²) in [6, 6.07) is 2.86. The molecule has 0 spiro atoms. The van der Waals surface area contributed by atoms with Crippen LogP contribution < -0.4 is 31.3 Å². The Morgan fingerprint density at radius 1 is 0.784 bits per heavy atom. The fourth-order valence-corrected chi connectivity index (χ4v) is 6.58. The minimum absolute atomic E-state index is 0.00261. The highest BCUT2D eigenvalue weighted by molar-refractivity contribution is 5.99. The zero-order valence-electron chi connectivity index (χ0n) is 28.9. The molecule has 2 aliphatic rings. The van der Waals surface area contributed by atoms with Gasteiger partial charge in [-0.05, 0) is 46.1 Å². The SMILES string of the molecule is CCn1cc(NC(=O)Nc2nnc(-c3cn(CC)c4nc(N5CCN(C)CC5)c(F)cc4c3=O)o2)c(=O)c2cc(F)c(N3CCN(C)CC3)cc21. The average Bonchev–Trinajstić information content (AvgIpc) is 3.58. The van der Waals surface area contributed by atoms with Crippen molar-refractivity contribution < 1.29 is 18.0 Å². The van der Waals surface area contributed by atoms with Gasteiger partial charge in [0.1, 0.15) is 22.7 Å². The zero-order chi connectivity index (χ0) is 36.0. The molecule has 5 aromatic rings. The normalized spacial score (nSPS) is 16.0. The number of piperazine rings is 2. The molecule has 17 heteroatoms. The molecule has 51 heavy (non-hydrogen) atoms. The lowest BCUT2D eigenvalue weighted by Crippen LogP contribution is -2.45. The van der Waals surface area contributed by atoms with Crippen molar-refractivity contribution in [3.05, 3.63) is 62.7 Å². The van der Waals surface area contributed by atoms with Crippen molar-refractivity contribution in [2.24, 2.45) is 0 Å². The fraction of sp³-hybridized carbons (Fsp3) is 0.412. The van der Waals surface area contributed by atoms with Crippen LogP contribution in [0.1, 0.15) is 13.8 Å². The van der Waals surface area contributed by atoms with E-state index in [1.165, 1.54) is 24.5 Å². The maximum Gasteiger partial charge on any atom is 0.327 e. The average molecular weight is 704 g/mol. The summed E-state index contributed by atoms with van der Waals surface area (Å²) in [5.74, 6) is -1.13. The van der Waals surface area contributed by atoms with E-state index in [2.05, 4.69) is 35.6 Å². The summed E-state index contributed by atoms with van der Waals surface area (Å²) >= 11 is 0. The second-order valence-corrected chi connectivity index (χ2v) is 12.9. The number of nitrogens with one attached hydrogen (secondary N) is 2. The molecule has 0 saturated carbocycles. The Kier molecular flexibility index (Phi) is 9.15. The van der Waals surface area contributed by atoms with Gasteiger partial charge in [0.05, 0.1) is 22.0 Å². The number of hydrogen-bond donors (Lipinski definition) is 2. The van der Waals surface area contributed by atoms with Gasteiger partial charge >= 0.3 is 12.0 Å². The molecule has 4 aromatic heterocycles. The molecule has 2 fully saturated rings. The van der Waals surface area contributed by atoms with E-state index >= 15 is 8.78 Å². The molecule has 2 N–H and O–H groups in total. The second kappa shape index (κ2) is 13.7. The highest BCUT2D eigenvalue weighted by Gasteiger charge is 2.24. The van der Waals surface area contributed by atoms with Crippen LogP contribution in [0.4, 0.5) is 36.8 Å². The molecule has 2 aliphatic heterocycles. The smallest absolute Gasteiger partial charge is 0.327 e. The Balaban J connectivity index is 1.12. The Bertz CT molecular complexity index is 2250. The monoisotopic (exact) mass is 703 g/mol. The van der Waals surface area contributed by atoms with E-state index in [1.807, 2.05) is 37.7 Å². The minimum Gasteiger partial charge on any atom is -0.403 e. The summed E-state index contributed by atoms with van der Waals surface area (Å²) in [5, 5.41) is 12.8. The van der Waals surface area contributed by atoms with Crippen molar-refractivity contribution >= 4 is 51.2 Å². The van der Waals surface area contributed by atoms with Crippen LogP contribution >= 0.6 is 0 Å². The number of likely N-dealkylation sites (N-methyl/N-ethyl adjacent to an activating group) is 2. The first kappa shape index (κ1) is 34.0. The third-order valence-electron chi connectivity index (χ3n) is 9.58. The molecule has 15 nitrogen and oxygen atoms in total. The first-order chi connectivity index (χ1) is 24.5. The predicted octanol–water partition coefficient (Wildman–Crippen LogP) is 3.23. The summed E-state index contributed by atoms with van der Waals surface area (Å²) in [6.45, 7) is 10.3. The van der Waals surface area contributed by atoms with Crippen molar-refractivity contribution in [2.45, 2.75) is 26.9 Å². The Hall–Kier alpha value is -5.42. The van der Waals surface area contributed by atoms with Crippen molar-refractivity contribution in [3.8, 4) is 11.5 Å². The first-order valence-electron chi connectivity index (χ1n) is 16.9. The lowest BCUT2D eigenvalue weighted by atomic mass is 10.1. The van der Waals surface area contributed by atoms with Crippen LogP contribution in [0.25, 0.3) is 33.4 Å². The number of aromatic nitrogens is 5. The highest BCUT2D eigenvalue weighted by atomic mass is 19.1. The number of rotatable bonds is 7. The minimum atomic E-state index is -0.869.